The molecule has 0 N–H and O–H groups in total. The summed E-state index contributed by atoms with van der Waals surface area (Å²) in [5.74, 6) is 4.77. The molecule has 5 heteroatoms. The molecule has 1 heterocycles. The maximum absolute atomic E-state index is 11.2. The number of carbonyl (C=O) groups excluding carboxylic acids is 1. The molecule has 2 rings (SSSR count). The van der Waals surface area contributed by atoms with E-state index in [0.29, 0.717) is 30.5 Å². The number of carbonyl (C=O) groups is 1. The van der Waals surface area contributed by atoms with Gasteiger partial charge >= 0.3 is 0 Å². The predicted molar refractivity (Wildman–Crippen MR) is 71.5 cm³/mol. The van der Waals surface area contributed by atoms with Gasteiger partial charge in [-0.05, 0) is 24.5 Å². The monoisotopic (exact) mass is 268 g/mol. The van der Waals surface area contributed by atoms with E-state index in [1.165, 1.54) is 0 Å². The second kappa shape index (κ2) is 6.36. The van der Waals surface area contributed by atoms with E-state index in [4.69, 9.17) is 4.52 Å². The zero-order valence-electron chi connectivity index (χ0n) is 11.0. The zero-order chi connectivity index (χ0) is 13.0. The average Bonchev–Trinajstić information content (AvgIpc) is 2.78. The Labute approximate surface area is 112 Å². The molecule has 0 spiro atoms. The van der Waals surface area contributed by atoms with Crippen molar-refractivity contribution in [3.63, 3.8) is 0 Å². The first-order valence-electron chi connectivity index (χ1n) is 6.57. The van der Waals surface area contributed by atoms with Gasteiger partial charge in [0.25, 0.3) is 0 Å². The van der Waals surface area contributed by atoms with Crippen LogP contribution in [0.25, 0.3) is 0 Å². The lowest BCUT2D eigenvalue weighted by molar-refractivity contribution is -0.120. The van der Waals surface area contributed by atoms with Crippen molar-refractivity contribution in [3.8, 4) is 0 Å². The van der Waals surface area contributed by atoms with E-state index >= 15 is 0 Å². The highest BCUT2D eigenvalue weighted by molar-refractivity contribution is 7.98. The molecule has 0 atom stereocenters. The molecule has 0 aliphatic heterocycles. The van der Waals surface area contributed by atoms with Gasteiger partial charge in [0, 0.05) is 18.8 Å². The van der Waals surface area contributed by atoms with Crippen LogP contribution in [0.3, 0.4) is 0 Å². The lowest BCUT2D eigenvalue weighted by Gasteiger charge is -2.16. The van der Waals surface area contributed by atoms with Gasteiger partial charge in [-0.2, -0.15) is 16.7 Å². The van der Waals surface area contributed by atoms with Crippen molar-refractivity contribution in [1.29, 1.82) is 0 Å². The van der Waals surface area contributed by atoms with Crippen LogP contribution in [0.2, 0.25) is 0 Å². The first-order chi connectivity index (χ1) is 8.65. The van der Waals surface area contributed by atoms with Gasteiger partial charge in [-0.3, -0.25) is 4.79 Å². The summed E-state index contributed by atoms with van der Waals surface area (Å²) in [5.41, 5.74) is 0. The third-order valence-electron chi connectivity index (χ3n) is 3.06. The fourth-order valence-electron chi connectivity index (χ4n) is 2.06. The first-order valence-corrected chi connectivity index (χ1v) is 7.72. The van der Waals surface area contributed by atoms with Gasteiger partial charge in [0.05, 0.1) is 5.75 Å². The molecule has 0 bridgehead atoms. The highest BCUT2D eigenvalue weighted by Crippen LogP contribution is 2.30. The molecule has 0 radical (unpaired) electrons. The topological polar surface area (TPSA) is 56.0 Å². The Hall–Kier alpha value is -0.840. The number of ketones is 1. The van der Waals surface area contributed by atoms with Crippen LogP contribution in [0.4, 0.5) is 0 Å². The Morgan fingerprint density at radius 1 is 1.39 bits per heavy atom. The summed E-state index contributed by atoms with van der Waals surface area (Å²) >= 11 is 1.84. The number of hydrogen-bond donors (Lipinski definition) is 0. The summed E-state index contributed by atoms with van der Waals surface area (Å²) in [6.07, 6.45) is 3.04. The number of nitrogens with zero attached hydrogens (tertiary/aromatic N) is 2. The summed E-state index contributed by atoms with van der Waals surface area (Å²) in [4.78, 5) is 15.6. The van der Waals surface area contributed by atoms with Crippen LogP contribution >= 0.6 is 11.8 Å². The van der Waals surface area contributed by atoms with Crippen LogP contribution in [0.1, 0.15) is 57.2 Å². The van der Waals surface area contributed by atoms with Crippen LogP contribution in [-0.4, -0.2) is 21.7 Å². The van der Waals surface area contributed by atoms with E-state index in [1.54, 1.807) is 0 Å². The first kappa shape index (κ1) is 13.6. The summed E-state index contributed by atoms with van der Waals surface area (Å²) < 4.78 is 5.31. The minimum atomic E-state index is 0.291. The zero-order valence-corrected chi connectivity index (χ0v) is 11.8. The van der Waals surface area contributed by atoms with Crippen LogP contribution in [0, 0.1) is 5.92 Å². The molecule has 0 amide bonds. The van der Waals surface area contributed by atoms with E-state index in [0.717, 1.165) is 36.1 Å². The van der Waals surface area contributed by atoms with Gasteiger partial charge in [-0.25, -0.2) is 0 Å². The van der Waals surface area contributed by atoms with E-state index in [-0.39, 0.29) is 0 Å². The lowest BCUT2D eigenvalue weighted by atomic mass is 9.88. The minimum absolute atomic E-state index is 0.291. The summed E-state index contributed by atoms with van der Waals surface area (Å²) in [6.45, 7) is 4.40. The molecule has 1 aliphatic rings. The second-order valence-corrected chi connectivity index (χ2v) is 6.30. The molecular formula is C13H20N2O2S. The fraction of sp³-hybridized carbons (Fsp3) is 0.769. The van der Waals surface area contributed by atoms with Gasteiger partial charge < -0.3 is 4.52 Å². The largest absolute Gasteiger partial charge is 0.339 e. The van der Waals surface area contributed by atoms with E-state index in [9.17, 15) is 4.79 Å². The van der Waals surface area contributed by atoms with Crippen molar-refractivity contribution in [2.45, 2.75) is 51.2 Å². The highest BCUT2D eigenvalue weighted by Gasteiger charge is 2.24. The lowest BCUT2D eigenvalue weighted by Crippen LogP contribution is -2.12. The molecule has 1 saturated carbocycles. The fourth-order valence-corrected chi connectivity index (χ4v) is 2.95. The van der Waals surface area contributed by atoms with Crippen molar-refractivity contribution in [2.75, 3.05) is 5.75 Å². The molecule has 1 aromatic heterocycles. The van der Waals surface area contributed by atoms with Crippen LogP contribution in [0.15, 0.2) is 4.52 Å². The van der Waals surface area contributed by atoms with E-state index in [2.05, 4.69) is 24.0 Å². The van der Waals surface area contributed by atoms with Gasteiger partial charge in [0.2, 0.25) is 5.89 Å². The number of thioether (sulfide) groups is 1. The van der Waals surface area contributed by atoms with Gasteiger partial charge in [0.1, 0.15) is 5.78 Å². The highest BCUT2D eigenvalue weighted by atomic mass is 32.2. The van der Waals surface area contributed by atoms with Gasteiger partial charge in [-0.1, -0.05) is 19.0 Å². The predicted octanol–water partition coefficient (Wildman–Crippen LogP) is 3.19. The summed E-state index contributed by atoms with van der Waals surface area (Å²) in [5, 5.41) is 4.02. The molecule has 1 aliphatic carbocycles. The Morgan fingerprint density at radius 2 is 2.11 bits per heavy atom. The Balaban J connectivity index is 1.84. The van der Waals surface area contributed by atoms with Crippen molar-refractivity contribution in [1.82, 2.24) is 10.1 Å². The SMILES string of the molecule is CC(C)CSCc1noc(C2CCC(=O)CC2)n1. The molecule has 18 heavy (non-hydrogen) atoms. The van der Waals surface area contributed by atoms with Crippen molar-refractivity contribution >= 4 is 17.5 Å². The number of Topliss-reactive ketones (excluding diaryl/α,β-unsaturated/α-hetero) is 1. The second-order valence-electron chi connectivity index (χ2n) is 5.27. The van der Waals surface area contributed by atoms with Gasteiger partial charge in [0.15, 0.2) is 5.82 Å². The molecule has 0 aromatic carbocycles. The Bertz CT molecular complexity index is 393. The van der Waals surface area contributed by atoms with Crippen molar-refractivity contribution < 1.29 is 9.32 Å². The standard InChI is InChI=1S/C13H20N2O2S/c1-9(2)7-18-8-12-14-13(17-15-12)10-3-5-11(16)6-4-10/h9-10H,3-8H2,1-2H3. The Morgan fingerprint density at radius 3 is 2.78 bits per heavy atom. The molecule has 0 saturated heterocycles. The van der Waals surface area contributed by atoms with Crippen molar-refractivity contribution in [2.24, 2.45) is 5.92 Å². The number of rotatable bonds is 5. The van der Waals surface area contributed by atoms with Crippen LogP contribution < -0.4 is 0 Å². The van der Waals surface area contributed by atoms with Gasteiger partial charge in [-0.15, -0.1) is 0 Å². The smallest absolute Gasteiger partial charge is 0.229 e. The third-order valence-corrected chi connectivity index (χ3v) is 4.42. The third kappa shape index (κ3) is 3.83. The number of hydrogen-bond acceptors (Lipinski definition) is 5. The molecule has 0 unspecified atom stereocenters. The molecule has 4 nitrogen and oxygen atoms in total. The van der Waals surface area contributed by atoms with E-state index < -0.39 is 0 Å². The Kier molecular flexibility index (Phi) is 4.80. The normalized spacial score (nSPS) is 17.6. The molecule has 100 valence electrons. The molecule has 1 fully saturated rings. The minimum Gasteiger partial charge on any atom is -0.339 e. The maximum atomic E-state index is 11.2. The van der Waals surface area contributed by atoms with Crippen LogP contribution in [-0.2, 0) is 10.5 Å². The average molecular weight is 268 g/mol. The molecular weight excluding hydrogens is 248 g/mol. The summed E-state index contributed by atoms with van der Waals surface area (Å²) in [7, 11) is 0. The van der Waals surface area contributed by atoms with Crippen LogP contribution in [0.5, 0.6) is 0 Å². The number of aromatic nitrogens is 2. The van der Waals surface area contributed by atoms with Crippen molar-refractivity contribution in [3.05, 3.63) is 11.7 Å². The maximum Gasteiger partial charge on any atom is 0.229 e. The quantitative estimate of drug-likeness (QED) is 0.821. The summed E-state index contributed by atoms with van der Waals surface area (Å²) in [6, 6.07) is 0. The molecule has 1 aromatic rings. The van der Waals surface area contributed by atoms with E-state index in [1.807, 2.05) is 11.8 Å².